The molecular weight excluding hydrogens is 405 g/mol. The van der Waals surface area contributed by atoms with Crippen LogP contribution in [0.5, 0.6) is 5.75 Å². The van der Waals surface area contributed by atoms with Gasteiger partial charge in [0.2, 0.25) is 0 Å². The van der Waals surface area contributed by atoms with Crippen LogP contribution >= 0.6 is 34.5 Å². The summed E-state index contributed by atoms with van der Waals surface area (Å²) in [7, 11) is 0. The highest BCUT2D eigenvalue weighted by Crippen LogP contribution is 2.34. The van der Waals surface area contributed by atoms with Crippen LogP contribution in [-0.2, 0) is 13.1 Å². The lowest BCUT2D eigenvalue weighted by Crippen LogP contribution is -2.36. The molecule has 0 aliphatic carbocycles. The molecule has 0 amide bonds. The second-order valence-electron chi connectivity index (χ2n) is 5.16. The van der Waals surface area contributed by atoms with Gasteiger partial charge in [0.15, 0.2) is 5.96 Å². The summed E-state index contributed by atoms with van der Waals surface area (Å²) in [5, 5.41) is 6.60. The predicted octanol–water partition coefficient (Wildman–Crippen LogP) is 4.62. The van der Waals surface area contributed by atoms with E-state index in [9.17, 15) is 8.78 Å². The largest absolute Gasteiger partial charge is 0.433 e. The van der Waals surface area contributed by atoms with Crippen LogP contribution in [0.2, 0.25) is 10.0 Å². The van der Waals surface area contributed by atoms with Crippen LogP contribution in [-0.4, -0.2) is 24.1 Å². The van der Waals surface area contributed by atoms with Crippen molar-refractivity contribution in [2.75, 3.05) is 6.54 Å². The standard InChI is InChI=1S/C16H18Cl2F2N4OS/c1-3-21-16(23-7-13-9(2)24-8-26-13)22-6-10-4-11(17)5-12(18)14(10)25-15(19)20/h4-5,8,15H,3,6-7H2,1-2H3,(H2,21,22,23). The van der Waals surface area contributed by atoms with Crippen molar-refractivity contribution in [3.63, 3.8) is 0 Å². The van der Waals surface area contributed by atoms with Gasteiger partial charge >= 0.3 is 6.61 Å². The highest BCUT2D eigenvalue weighted by molar-refractivity contribution is 7.09. The van der Waals surface area contributed by atoms with Crippen molar-refractivity contribution in [1.82, 2.24) is 15.6 Å². The average Bonchev–Trinajstić information content (AvgIpc) is 2.98. The van der Waals surface area contributed by atoms with Gasteiger partial charge in [0, 0.05) is 22.0 Å². The molecule has 1 aromatic carbocycles. The van der Waals surface area contributed by atoms with Crippen molar-refractivity contribution in [1.29, 1.82) is 0 Å². The molecule has 26 heavy (non-hydrogen) atoms. The Labute approximate surface area is 164 Å². The van der Waals surface area contributed by atoms with E-state index in [0.717, 1.165) is 10.6 Å². The molecule has 1 aromatic heterocycles. The van der Waals surface area contributed by atoms with Crippen LogP contribution in [0.25, 0.3) is 0 Å². The number of aryl methyl sites for hydroxylation is 1. The monoisotopic (exact) mass is 422 g/mol. The van der Waals surface area contributed by atoms with Crippen LogP contribution in [0, 0.1) is 6.92 Å². The molecule has 142 valence electrons. The molecule has 0 bridgehead atoms. The van der Waals surface area contributed by atoms with Crippen molar-refractivity contribution in [3.05, 3.63) is 43.8 Å². The average molecular weight is 423 g/mol. The summed E-state index contributed by atoms with van der Waals surface area (Å²) in [5.41, 5.74) is 3.10. The molecule has 0 saturated heterocycles. The SMILES string of the molecule is CCNC(=NCc1cc(Cl)cc(Cl)c1OC(F)F)NCc1scnc1C. The summed E-state index contributed by atoms with van der Waals surface area (Å²) in [6.07, 6.45) is 0. The fourth-order valence-electron chi connectivity index (χ4n) is 2.12. The van der Waals surface area contributed by atoms with Gasteiger partial charge in [-0.05, 0) is 26.0 Å². The van der Waals surface area contributed by atoms with Crippen molar-refractivity contribution in [3.8, 4) is 5.75 Å². The van der Waals surface area contributed by atoms with Gasteiger partial charge in [0.25, 0.3) is 0 Å². The first kappa shape index (κ1) is 20.7. The Morgan fingerprint density at radius 3 is 2.73 bits per heavy atom. The van der Waals surface area contributed by atoms with E-state index in [1.165, 1.54) is 12.1 Å². The number of hydrogen-bond acceptors (Lipinski definition) is 4. The zero-order valence-electron chi connectivity index (χ0n) is 14.2. The number of guanidine groups is 1. The van der Waals surface area contributed by atoms with Crippen LogP contribution in [0.3, 0.4) is 0 Å². The number of nitrogens with zero attached hydrogens (tertiary/aromatic N) is 2. The molecule has 2 N–H and O–H groups in total. The molecule has 1 heterocycles. The third-order valence-electron chi connectivity index (χ3n) is 3.31. The van der Waals surface area contributed by atoms with Crippen LogP contribution in [0.1, 0.15) is 23.1 Å². The first-order chi connectivity index (χ1) is 12.4. The lowest BCUT2D eigenvalue weighted by Gasteiger charge is -2.14. The van der Waals surface area contributed by atoms with Gasteiger partial charge in [-0.25, -0.2) is 9.98 Å². The molecule has 0 aliphatic heterocycles. The Balaban J connectivity index is 2.16. The van der Waals surface area contributed by atoms with Gasteiger partial charge in [-0.2, -0.15) is 8.78 Å². The number of rotatable bonds is 7. The lowest BCUT2D eigenvalue weighted by atomic mass is 10.2. The normalized spacial score (nSPS) is 11.7. The second-order valence-corrected chi connectivity index (χ2v) is 6.95. The Morgan fingerprint density at radius 2 is 2.12 bits per heavy atom. The predicted molar refractivity (Wildman–Crippen MR) is 102 cm³/mol. The quantitative estimate of drug-likeness (QED) is 0.504. The minimum atomic E-state index is -2.99. The van der Waals surface area contributed by atoms with Crippen molar-refractivity contribution < 1.29 is 13.5 Å². The summed E-state index contributed by atoms with van der Waals surface area (Å²) >= 11 is 13.5. The van der Waals surface area contributed by atoms with Crippen LogP contribution in [0.4, 0.5) is 8.78 Å². The number of nitrogens with one attached hydrogen (secondary N) is 2. The maximum Gasteiger partial charge on any atom is 0.387 e. The maximum absolute atomic E-state index is 12.6. The Hall–Kier alpha value is -1.64. The van der Waals surface area contributed by atoms with Gasteiger partial charge in [-0.15, -0.1) is 11.3 Å². The van der Waals surface area contributed by atoms with Crippen LogP contribution in [0.15, 0.2) is 22.6 Å². The van der Waals surface area contributed by atoms with E-state index < -0.39 is 6.61 Å². The van der Waals surface area contributed by atoms with Crippen molar-refractivity contribution in [2.24, 2.45) is 4.99 Å². The summed E-state index contributed by atoms with van der Waals surface area (Å²) in [5.74, 6) is 0.406. The van der Waals surface area contributed by atoms with E-state index in [-0.39, 0.29) is 17.3 Å². The van der Waals surface area contributed by atoms with Crippen molar-refractivity contribution in [2.45, 2.75) is 33.5 Å². The molecule has 0 fully saturated rings. The van der Waals surface area contributed by atoms with E-state index in [0.29, 0.717) is 29.6 Å². The molecule has 2 aromatic rings. The number of thiazole rings is 1. The number of aliphatic imine (C=N–C) groups is 1. The fourth-order valence-corrected chi connectivity index (χ4v) is 3.41. The van der Waals surface area contributed by atoms with E-state index >= 15 is 0 Å². The first-order valence-electron chi connectivity index (χ1n) is 7.74. The topological polar surface area (TPSA) is 58.5 Å². The number of ether oxygens (including phenoxy) is 1. The zero-order chi connectivity index (χ0) is 19.1. The number of hydrogen-bond donors (Lipinski definition) is 2. The van der Waals surface area contributed by atoms with Crippen molar-refractivity contribution >= 4 is 40.5 Å². The Kier molecular flexibility index (Phi) is 7.86. The second kappa shape index (κ2) is 9.89. The minimum Gasteiger partial charge on any atom is -0.433 e. The van der Waals surface area contributed by atoms with Gasteiger partial charge < -0.3 is 15.4 Å². The Morgan fingerprint density at radius 1 is 1.35 bits per heavy atom. The smallest absolute Gasteiger partial charge is 0.387 e. The third-order valence-corrected chi connectivity index (χ3v) is 4.74. The number of halogens is 4. The van der Waals surface area contributed by atoms with Crippen LogP contribution < -0.4 is 15.4 Å². The molecule has 2 rings (SSSR count). The maximum atomic E-state index is 12.6. The molecule has 0 unspecified atom stereocenters. The van der Waals surface area contributed by atoms with E-state index in [1.807, 2.05) is 13.8 Å². The molecule has 10 heteroatoms. The fraction of sp³-hybridized carbons (Fsp3) is 0.375. The summed E-state index contributed by atoms with van der Waals surface area (Å²) in [6.45, 7) is 2.13. The van der Waals surface area contributed by atoms with Gasteiger partial charge in [0.1, 0.15) is 5.75 Å². The summed E-state index contributed by atoms with van der Waals surface area (Å²) < 4.78 is 29.8. The molecule has 0 radical (unpaired) electrons. The van der Waals surface area contributed by atoms with Gasteiger partial charge in [0.05, 0.1) is 29.3 Å². The summed E-state index contributed by atoms with van der Waals surface area (Å²) in [4.78, 5) is 9.68. The minimum absolute atomic E-state index is 0.0150. The van der Waals surface area contributed by atoms with E-state index in [2.05, 4.69) is 25.3 Å². The van der Waals surface area contributed by atoms with Gasteiger partial charge in [-0.3, -0.25) is 0 Å². The Bertz CT molecular complexity index is 771. The number of alkyl halides is 2. The van der Waals surface area contributed by atoms with E-state index in [4.69, 9.17) is 23.2 Å². The summed E-state index contributed by atoms with van der Waals surface area (Å²) in [6, 6.07) is 2.86. The molecule has 0 saturated carbocycles. The van der Waals surface area contributed by atoms with E-state index in [1.54, 1.807) is 16.8 Å². The lowest BCUT2D eigenvalue weighted by molar-refractivity contribution is -0.0503. The number of benzene rings is 1. The highest BCUT2D eigenvalue weighted by atomic mass is 35.5. The molecule has 0 aliphatic rings. The van der Waals surface area contributed by atoms with Gasteiger partial charge in [-0.1, -0.05) is 23.2 Å². The first-order valence-corrected chi connectivity index (χ1v) is 9.38. The molecule has 0 spiro atoms. The molecule has 0 atom stereocenters. The molecular formula is C16H18Cl2F2N4OS. The zero-order valence-corrected chi connectivity index (χ0v) is 16.5. The third kappa shape index (κ3) is 5.96. The highest BCUT2D eigenvalue weighted by Gasteiger charge is 2.15. The number of aromatic nitrogens is 1. The molecule has 5 nitrogen and oxygen atoms in total.